The van der Waals surface area contributed by atoms with Crippen LogP contribution in [-0.2, 0) is 6.54 Å². The van der Waals surface area contributed by atoms with Crippen molar-refractivity contribution in [2.24, 2.45) is 0 Å². The third kappa shape index (κ3) is 2.44. The minimum Gasteiger partial charge on any atom is -0.308 e. The van der Waals surface area contributed by atoms with Crippen molar-refractivity contribution in [3.8, 4) is 0 Å². The smallest absolute Gasteiger partial charge is 0.0959 e. The van der Waals surface area contributed by atoms with Crippen molar-refractivity contribution in [1.29, 1.82) is 0 Å². The van der Waals surface area contributed by atoms with Crippen LogP contribution in [-0.4, -0.2) is 36.1 Å². The van der Waals surface area contributed by atoms with E-state index in [0.717, 1.165) is 12.5 Å². The Labute approximate surface area is 101 Å². The van der Waals surface area contributed by atoms with E-state index in [1.165, 1.54) is 42.2 Å². The topological polar surface area (TPSA) is 28.2 Å². The number of nitrogens with one attached hydrogen (secondary N) is 1. The highest BCUT2D eigenvalue weighted by Crippen LogP contribution is 2.41. The van der Waals surface area contributed by atoms with Gasteiger partial charge in [0.2, 0.25) is 0 Å². The van der Waals surface area contributed by atoms with Crippen LogP contribution in [0.1, 0.15) is 35.1 Å². The molecule has 2 fully saturated rings. The molecule has 1 aliphatic heterocycles. The number of likely N-dealkylation sites (N-methyl/N-ethyl adjacent to an activating group) is 1. The van der Waals surface area contributed by atoms with E-state index in [2.05, 4.69) is 28.4 Å². The molecule has 2 aliphatic rings. The van der Waals surface area contributed by atoms with Crippen molar-refractivity contribution in [1.82, 2.24) is 15.2 Å². The zero-order valence-corrected chi connectivity index (χ0v) is 10.6. The molecule has 0 aromatic carbocycles. The summed E-state index contributed by atoms with van der Waals surface area (Å²) in [5.74, 6) is 0.802. The minimum atomic E-state index is 0.677. The third-order valence-electron chi connectivity index (χ3n) is 3.45. The first-order valence-electron chi connectivity index (χ1n) is 6.18. The molecule has 1 atom stereocenters. The summed E-state index contributed by atoms with van der Waals surface area (Å²) >= 11 is 1.90. The van der Waals surface area contributed by atoms with E-state index in [-0.39, 0.29) is 0 Å². The van der Waals surface area contributed by atoms with E-state index in [4.69, 9.17) is 0 Å². The molecule has 0 radical (unpaired) electrons. The van der Waals surface area contributed by atoms with E-state index in [1.807, 2.05) is 11.3 Å². The lowest BCUT2D eigenvalue weighted by atomic mass is 10.2. The highest BCUT2D eigenvalue weighted by Gasteiger charge is 2.26. The van der Waals surface area contributed by atoms with Gasteiger partial charge in [0.25, 0.3) is 0 Å². The van der Waals surface area contributed by atoms with Crippen molar-refractivity contribution in [2.75, 3.05) is 20.1 Å². The van der Waals surface area contributed by atoms with Crippen LogP contribution < -0.4 is 5.32 Å². The summed E-state index contributed by atoms with van der Waals surface area (Å²) in [6.45, 7) is 3.42. The van der Waals surface area contributed by atoms with Crippen LogP contribution in [0.5, 0.6) is 0 Å². The summed E-state index contributed by atoms with van der Waals surface area (Å²) in [5.41, 5.74) is 0. The Balaban J connectivity index is 1.50. The average molecular weight is 237 g/mol. The van der Waals surface area contributed by atoms with Crippen LogP contribution >= 0.6 is 11.3 Å². The second-order valence-corrected chi connectivity index (χ2v) is 6.21. The lowest BCUT2D eigenvalue weighted by Gasteiger charge is -2.11. The molecule has 1 aromatic rings. The lowest BCUT2D eigenvalue weighted by Crippen LogP contribution is -2.30. The maximum atomic E-state index is 4.51. The molecular formula is C12H19N3S. The molecule has 1 unspecified atom stereocenters. The molecule has 1 saturated carbocycles. The van der Waals surface area contributed by atoms with E-state index in [9.17, 15) is 0 Å². The van der Waals surface area contributed by atoms with Crippen LogP contribution in [0.2, 0.25) is 0 Å². The summed E-state index contributed by atoms with van der Waals surface area (Å²) in [6.07, 6.45) is 6.05. The molecule has 4 heteroatoms. The highest BCUT2D eigenvalue weighted by molar-refractivity contribution is 7.11. The fourth-order valence-electron chi connectivity index (χ4n) is 2.27. The molecule has 1 saturated heterocycles. The Kier molecular flexibility index (Phi) is 2.96. The van der Waals surface area contributed by atoms with Crippen LogP contribution in [0.15, 0.2) is 6.20 Å². The van der Waals surface area contributed by atoms with E-state index in [1.54, 1.807) is 0 Å². The van der Waals surface area contributed by atoms with Gasteiger partial charge >= 0.3 is 0 Å². The molecular weight excluding hydrogens is 218 g/mol. The van der Waals surface area contributed by atoms with Gasteiger partial charge in [0.05, 0.1) is 5.01 Å². The Morgan fingerprint density at radius 3 is 3.06 bits per heavy atom. The molecule has 3 rings (SSSR count). The van der Waals surface area contributed by atoms with Crippen LogP contribution in [0.25, 0.3) is 0 Å². The summed E-state index contributed by atoms with van der Waals surface area (Å²) in [6, 6.07) is 0.677. The molecule has 3 nitrogen and oxygen atoms in total. The van der Waals surface area contributed by atoms with Gasteiger partial charge in [0.1, 0.15) is 0 Å². The Hall–Kier alpha value is -0.450. The quantitative estimate of drug-likeness (QED) is 0.865. The highest BCUT2D eigenvalue weighted by atomic mass is 32.1. The van der Waals surface area contributed by atoms with Gasteiger partial charge in [-0.1, -0.05) is 0 Å². The normalized spacial score (nSPS) is 26.4. The second kappa shape index (κ2) is 4.43. The molecule has 0 bridgehead atoms. The SMILES string of the molecule is CN1CCC(NCc2cnc(C3CC3)s2)C1. The van der Waals surface area contributed by atoms with Crippen molar-refractivity contribution in [3.63, 3.8) is 0 Å². The first-order valence-corrected chi connectivity index (χ1v) is 6.99. The van der Waals surface area contributed by atoms with Crippen molar-refractivity contribution < 1.29 is 0 Å². The van der Waals surface area contributed by atoms with E-state index in [0.29, 0.717) is 6.04 Å². The largest absolute Gasteiger partial charge is 0.308 e. The van der Waals surface area contributed by atoms with Gasteiger partial charge in [-0.05, 0) is 32.9 Å². The van der Waals surface area contributed by atoms with Gasteiger partial charge in [-0.2, -0.15) is 0 Å². The Morgan fingerprint density at radius 2 is 2.38 bits per heavy atom. The number of hydrogen-bond acceptors (Lipinski definition) is 4. The monoisotopic (exact) mass is 237 g/mol. The number of nitrogens with zero attached hydrogens (tertiary/aromatic N) is 2. The van der Waals surface area contributed by atoms with Crippen molar-refractivity contribution >= 4 is 11.3 Å². The molecule has 0 spiro atoms. The molecule has 0 amide bonds. The van der Waals surface area contributed by atoms with Gasteiger partial charge in [0, 0.05) is 36.1 Å². The number of aromatic nitrogens is 1. The Morgan fingerprint density at radius 1 is 1.50 bits per heavy atom. The lowest BCUT2D eigenvalue weighted by molar-refractivity contribution is 0.398. The summed E-state index contributed by atoms with van der Waals surface area (Å²) < 4.78 is 0. The first kappa shape index (κ1) is 10.7. The Bertz CT molecular complexity index is 359. The predicted octanol–water partition coefficient (Wildman–Crippen LogP) is 1.81. The van der Waals surface area contributed by atoms with Gasteiger partial charge < -0.3 is 10.2 Å². The predicted molar refractivity (Wildman–Crippen MR) is 66.8 cm³/mol. The standard InChI is InChI=1S/C12H19N3S/c1-15-5-4-10(8-15)13-6-11-7-14-12(16-11)9-2-3-9/h7,9-10,13H,2-6,8H2,1H3. The third-order valence-corrected chi connectivity index (χ3v) is 4.61. The van der Waals surface area contributed by atoms with Crippen LogP contribution in [0.4, 0.5) is 0 Å². The van der Waals surface area contributed by atoms with Crippen LogP contribution in [0.3, 0.4) is 0 Å². The molecule has 2 heterocycles. The molecule has 1 aliphatic carbocycles. The number of rotatable bonds is 4. The maximum absolute atomic E-state index is 4.51. The second-order valence-electron chi connectivity index (χ2n) is 5.07. The van der Waals surface area contributed by atoms with Gasteiger partial charge in [-0.3, -0.25) is 0 Å². The molecule has 16 heavy (non-hydrogen) atoms. The fourth-order valence-corrected chi connectivity index (χ4v) is 3.31. The van der Waals surface area contributed by atoms with Crippen molar-refractivity contribution in [2.45, 2.75) is 37.8 Å². The van der Waals surface area contributed by atoms with E-state index >= 15 is 0 Å². The molecule has 88 valence electrons. The number of likely N-dealkylation sites (tertiary alicyclic amines) is 1. The number of thiazole rings is 1. The molecule has 1 aromatic heterocycles. The van der Waals surface area contributed by atoms with Gasteiger partial charge in [-0.25, -0.2) is 4.98 Å². The summed E-state index contributed by atoms with van der Waals surface area (Å²) in [7, 11) is 2.19. The van der Waals surface area contributed by atoms with Gasteiger partial charge in [0.15, 0.2) is 0 Å². The van der Waals surface area contributed by atoms with Gasteiger partial charge in [-0.15, -0.1) is 11.3 Å². The fraction of sp³-hybridized carbons (Fsp3) is 0.750. The number of hydrogen-bond donors (Lipinski definition) is 1. The maximum Gasteiger partial charge on any atom is 0.0959 e. The first-order chi connectivity index (χ1) is 7.81. The minimum absolute atomic E-state index is 0.677. The zero-order chi connectivity index (χ0) is 11.0. The van der Waals surface area contributed by atoms with Crippen LogP contribution in [0, 0.1) is 0 Å². The average Bonchev–Trinajstić information content (AvgIpc) is 2.87. The molecule has 1 N–H and O–H groups in total. The van der Waals surface area contributed by atoms with Crippen molar-refractivity contribution in [3.05, 3.63) is 16.1 Å². The van der Waals surface area contributed by atoms with E-state index < -0.39 is 0 Å². The summed E-state index contributed by atoms with van der Waals surface area (Å²) in [4.78, 5) is 8.29. The summed E-state index contributed by atoms with van der Waals surface area (Å²) in [5, 5.41) is 4.99. The zero-order valence-electron chi connectivity index (χ0n) is 9.78.